The Bertz CT molecular complexity index is 379. The third-order valence-electron chi connectivity index (χ3n) is 5.06. The number of likely N-dealkylation sites (tertiary alicyclic amines) is 1. The Balaban J connectivity index is 1.36. The molecule has 2 aliphatic heterocycles. The van der Waals surface area contributed by atoms with Gasteiger partial charge in [-0.25, -0.2) is 0 Å². The molecule has 23 heavy (non-hydrogen) atoms. The smallest absolute Gasteiger partial charge is 0.191 e. The molecule has 6 heteroatoms. The summed E-state index contributed by atoms with van der Waals surface area (Å²) in [4.78, 5) is 9.93. The fourth-order valence-corrected chi connectivity index (χ4v) is 3.50. The van der Waals surface area contributed by atoms with Gasteiger partial charge in [-0.1, -0.05) is 0 Å². The number of hydrogen-bond acceptors (Lipinski definition) is 4. The number of nitrogens with one attached hydrogen (secondary N) is 2. The van der Waals surface area contributed by atoms with Crippen LogP contribution < -0.4 is 10.6 Å². The molecule has 2 saturated heterocycles. The predicted octanol–water partition coefficient (Wildman–Crippen LogP) is 0.358. The summed E-state index contributed by atoms with van der Waals surface area (Å²) in [5.41, 5.74) is 0. The van der Waals surface area contributed by atoms with Gasteiger partial charge in [0.15, 0.2) is 5.96 Å². The Morgan fingerprint density at radius 3 is 2.70 bits per heavy atom. The molecule has 1 unspecified atom stereocenters. The van der Waals surface area contributed by atoms with Crippen LogP contribution in [0.5, 0.6) is 0 Å². The van der Waals surface area contributed by atoms with Gasteiger partial charge in [-0.2, -0.15) is 0 Å². The minimum Gasteiger partial charge on any atom is -0.379 e. The summed E-state index contributed by atoms with van der Waals surface area (Å²) in [7, 11) is 0. The average Bonchev–Trinajstić information content (AvgIpc) is 3.32. The average molecular weight is 323 g/mol. The van der Waals surface area contributed by atoms with Gasteiger partial charge in [-0.15, -0.1) is 0 Å². The maximum Gasteiger partial charge on any atom is 0.191 e. The summed E-state index contributed by atoms with van der Waals surface area (Å²) < 4.78 is 5.39. The topological polar surface area (TPSA) is 52.1 Å². The van der Waals surface area contributed by atoms with Gasteiger partial charge in [0.05, 0.1) is 13.2 Å². The zero-order chi connectivity index (χ0) is 15.9. The highest BCUT2D eigenvalue weighted by atomic mass is 16.5. The fraction of sp³-hybridized carbons (Fsp3) is 0.941. The molecule has 0 aromatic heterocycles. The van der Waals surface area contributed by atoms with Crippen LogP contribution in [0.15, 0.2) is 4.99 Å². The van der Waals surface area contributed by atoms with Gasteiger partial charge in [-0.05, 0) is 38.6 Å². The minimum absolute atomic E-state index is 0.741. The Hall–Kier alpha value is -0.850. The normalized spacial score (nSPS) is 27.3. The summed E-state index contributed by atoms with van der Waals surface area (Å²) in [6.07, 6.45) is 4.15. The van der Waals surface area contributed by atoms with E-state index in [1.54, 1.807) is 0 Å². The van der Waals surface area contributed by atoms with Gasteiger partial charge < -0.3 is 20.3 Å². The predicted molar refractivity (Wildman–Crippen MR) is 93.9 cm³/mol. The molecule has 3 aliphatic rings. The van der Waals surface area contributed by atoms with E-state index in [-0.39, 0.29) is 0 Å². The van der Waals surface area contributed by atoms with E-state index in [2.05, 4.69) is 27.4 Å². The summed E-state index contributed by atoms with van der Waals surface area (Å²) in [6.45, 7) is 12.4. The minimum atomic E-state index is 0.741. The van der Waals surface area contributed by atoms with Crippen molar-refractivity contribution >= 4 is 5.96 Å². The van der Waals surface area contributed by atoms with Gasteiger partial charge in [0.2, 0.25) is 0 Å². The number of morpholine rings is 1. The van der Waals surface area contributed by atoms with Crippen LogP contribution in [0.3, 0.4) is 0 Å². The van der Waals surface area contributed by atoms with E-state index < -0.39 is 0 Å². The molecule has 1 saturated carbocycles. The molecule has 1 atom stereocenters. The van der Waals surface area contributed by atoms with Crippen LogP contribution in [0.2, 0.25) is 0 Å². The maximum absolute atomic E-state index is 5.39. The molecule has 0 amide bonds. The van der Waals surface area contributed by atoms with Crippen LogP contribution in [-0.2, 0) is 4.74 Å². The van der Waals surface area contributed by atoms with E-state index in [4.69, 9.17) is 9.73 Å². The van der Waals surface area contributed by atoms with E-state index in [0.29, 0.717) is 0 Å². The van der Waals surface area contributed by atoms with Gasteiger partial charge in [0, 0.05) is 51.9 Å². The first-order valence-corrected chi connectivity index (χ1v) is 9.41. The summed E-state index contributed by atoms with van der Waals surface area (Å²) in [6, 6.07) is 0.906. The van der Waals surface area contributed by atoms with E-state index in [0.717, 1.165) is 70.4 Å². The van der Waals surface area contributed by atoms with E-state index in [1.165, 1.54) is 32.4 Å². The number of nitrogens with zero attached hydrogens (tertiary/aromatic N) is 3. The monoisotopic (exact) mass is 323 g/mol. The van der Waals surface area contributed by atoms with Crippen LogP contribution in [0.4, 0.5) is 0 Å². The van der Waals surface area contributed by atoms with E-state index >= 15 is 0 Å². The fourth-order valence-electron chi connectivity index (χ4n) is 3.50. The van der Waals surface area contributed by atoms with E-state index in [9.17, 15) is 0 Å². The second-order valence-corrected chi connectivity index (χ2v) is 6.98. The molecule has 0 radical (unpaired) electrons. The van der Waals surface area contributed by atoms with Gasteiger partial charge >= 0.3 is 0 Å². The summed E-state index contributed by atoms with van der Waals surface area (Å²) in [5, 5.41) is 6.85. The lowest BCUT2D eigenvalue weighted by Gasteiger charge is -2.26. The second kappa shape index (κ2) is 8.85. The lowest BCUT2D eigenvalue weighted by molar-refractivity contribution is 0.0389. The van der Waals surface area contributed by atoms with Crippen molar-refractivity contribution in [1.29, 1.82) is 0 Å². The SMILES string of the molecule is CCNC(=NCC1CCN(C2CC2)C1)NCCN1CCOCC1. The molecule has 6 nitrogen and oxygen atoms in total. The summed E-state index contributed by atoms with van der Waals surface area (Å²) in [5.74, 6) is 1.72. The molecule has 1 aliphatic carbocycles. The molecule has 2 N–H and O–H groups in total. The number of guanidine groups is 1. The zero-order valence-electron chi connectivity index (χ0n) is 14.6. The molecule has 3 rings (SSSR count). The number of rotatable bonds is 7. The maximum atomic E-state index is 5.39. The third-order valence-corrected chi connectivity index (χ3v) is 5.06. The first-order chi connectivity index (χ1) is 11.3. The number of ether oxygens (including phenoxy) is 1. The van der Waals surface area contributed by atoms with Crippen molar-refractivity contribution in [1.82, 2.24) is 20.4 Å². The molecule has 0 aromatic rings. The van der Waals surface area contributed by atoms with Crippen molar-refractivity contribution in [3.63, 3.8) is 0 Å². The van der Waals surface area contributed by atoms with Gasteiger partial charge in [-0.3, -0.25) is 9.89 Å². The second-order valence-electron chi connectivity index (χ2n) is 6.98. The first-order valence-electron chi connectivity index (χ1n) is 9.41. The van der Waals surface area contributed by atoms with Crippen LogP contribution >= 0.6 is 0 Å². The Morgan fingerprint density at radius 1 is 1.13 bits per heavy atom. The third kappa shape index (κ3) is 5.62. The molecular formula is C17H33N5O. The van der Waals surface area contributed by atoms with Crippen molar-refractivity contribution < 1.29 is 4.74 Å². The molecule has 0 spiro atoms. The first kappa shape index (κ1) is 17.0. The van der Waals surface area contributed by atoms with Crippen molar-refractivity contribution in [2.75, 3.05) is 65.6 Å². The highest BCUT2D eigenvalue weighted by Gasteiger charge is 2.34. The lowest BCUT2D eigenvalue weighted by atomic mass is 10.1. The highest BCUT2D eigenvalue weighted by Crippen LogP contribution is 2.31. The standard InChI is InChI=1S/C17H33N5O/c1-2-18-17(19-6-8-21-9-11-23-12-10-21)20-13-15-5-7-22(14-15)16-3-4-16/h15-16H,2-14H2,1H3,(H2,18,19,20). The van der Waals surface area contributed by atoms with Gasteiger partial charge in [0.1, 0.15) is 0 Å². The Labute approximate surface area is 140 Å². The Kier molecular flexibility index (Phi) is 6.54. The van der Waals surface area contributed by atoms with Crippen molar-refractivity contribution in [2.45, 2.75) is 32.2 Å². The molecule has 0 bridgehead atoms. The van der Waals surface area contributed by atoms with Crippen molar-refractivity contribution in [3.05, 3.63) is 0 Å². The molecule has 2 heterocycles. The Morgan fingerprint density at radius 2 is 1.96 bits per heavy atom. The zero-order valence-corrected chi connectivity index (χ0v) is 14.6. The number of hydrogen-bond donors (Lipinski definition) is 2. The van der Waals surface area contributed by atoms with Crippen molar-refractivity contribution in [2.24, 2.45) is 10.9 Å². The molecular weight excluding hydrogens is 290 g/mol. The number of aliphatic imine (C=N–C) groups is 1. The van der Waals surface area contributed by atoms with Gasteiger partial charge in [0.25, 0.3) is 0 Å². The van der Waals surface area contributed by atoms with Crippen molar-refractivity contribution in [3.8, 4) is 0 Å². The lowest BCUT2D eigenvalue weighted by Crippen LogP contribution is -2.44. The molecule has 0 aromatic carbocycles. The largest absolute Gasteiger partial charge is 0.379 e. The van der Waals surface area contributed by atoms with Crippen LogP contribution in [0.25, 0.3) is 0 Å². The molecule has 3 fully saturated rings. The van der Waals surface area contributed by atoms with Crippen LogP contribution in [0, 0.1) is 5.92 Å². The highest BCUT2D eigenvalue weighted by molar-refractivity contribution is 5.79. The van der Waals surface area contributed by atoms with Crippen LogP contribution in [0.1, 0.15) is 26.2 Å². The summed E-state index contributed by atoms with van der Waals surface area (Å²) >= 11 is 0. The molecule has 132 valence electrons. The van der Waals surface area contributed by atoms with Crippen LogP contribution in [-0.4, -0.2) is 87.4 Å². The van der Waals surface area contributed by atoms with E-state index in [1.807, 2.05) is 0 Å². The quantitative estimate of drug-likeness (QED) is 0.523.